The molecule has 6 heteroatoms. The van der Waals surface area contributed by atoms with Gasteiger partial charge in [-0.1, -0.05) is 37.3 Å². The Morgan fingerprint density at radius 2 is 1.67 bits per heavy atom. The third-order valence-corrected chi connectivity index (χ3v) is 3.69. The fourth-order valence-corrected chi connectivity index (χ4v) is 2.42. The Balaban J connectivity index is 1.88. The third-order valence-electron chi connectivity index (χ3n) is 3.69. The van der Waals surface area contributed by atoms with E-state index >= 15 is 0 Å². The average molecular weight is 332 g/mol. The normalized spacial score (nSPS) is 11.7. The molecule has 0 unspecified atom stereocenters. The second-order valence-electron chi connectivity index (χ2n) is 5.38. The highest BCUT2D eigenvalue weighted by atomic mass is 19.4. The topological polar surface area (TPSA) is 38.9 Å². The van der Waals surface area contributed by atoms with Gasteiger partial charge in [-0.25, -0.2) is 0 Å². The number of benzene rings is 2. The van der Waals surface area contributed by atoms with E-state index in [-0.39, 0.29) is 0 Å². The average Bonchev–Trinajstić information content (AvgIpc) is 3.04. The van der Waals surface area contributed by atoms with E-state index in [1.165, 1.54) is 12.1 Å². The van der Waals surface area contributed by atoms with Gasteiger partial charge in [0.2, 0.25) is 11.8 Å². The molecular formula is C18H15F3N2O. The Bertz CT molecular complexity index is 823. The molecule has 0 aliphatic carbocycles. The number of rotatable bonds is 4. The van der Waals surface area contributed by atoms with Crippen molar-refractivity contribution in [1.29, 1.82) is 0 Å². The second kappa shape index (κ2) is 6.47. The summed E-state index contributed by atoms with van der Waals surface area (Å²) in [5, 5.41) is 8.00. The molecule has 124 valence electrons. The van der Waals surface area contributed by atoms with Crippen LogP contribution in [0.3, 0.4) is 0 Å². The molecule has 0 saturated carbocycles. The molecule has 0 radical (unpaired) electrons. The zero-order valence-corrected chi connectivity index (χ0v) is 13.0. The predicted octanol–water partition coefficient (Wildman–Crippen LogP) is 4.91. The predicted molar refractivity (Wildman–Crippen MR) is 83.4 cm³/mol. The van der Waals surface area contributed by atoms with E-state index in [0.717, 1.165) is 28.8 Å². The summed E-state index contributed by atoms with van der Waals surface area (Å²) in [5.41, 5.74) is 1.85. The fraction of sp³-hybridized carbons (Fsp3) is 0.222. The number of hydrogen-bond acceptors (Lipinski definition) is 3. The molecule has 0 amide bonds. The van der Waals surface area contributed by atoms with Gasteiger partial charge in [0.05, 0.1) is 5.56 Å². The third kappa shape index (κ3) is 3.48. The Morgan fingerprint density at radius 3 is 2.29 bits per heavy atom. The van der Waals surface area contributed by atoms with Gasteiger partial charge in [-0.05, 0) is 35.7 Å². The summed E-state index contributed by atoms with van der Waals surface area (Å²) in [5.74, 6) is 0.976. The number of alkyl halides is 3. The largest absolute Gasteiger partial charge is 0.421 e. The van der Waals surface area contributed by atoms with E-state index in [1.807, 2.05) is 31.2 Å². The molecule has 0 atom stereocenters. The minimum atomic E-state index is -4.32. The highest BCUT2D eigenvalue weighted by Gasteiger charge is 2.29. The molecule has 0 spiro atoms. The molecule has 0 N–H and O–H groups in total. The minimum Gasteiger partial charge on any atom is -0.421 e. The van der Waals surface area contributed by atoms with Gasteiger partial charge in [0.15, 0.2) is 0 Å². The summed E-state index contributed by atoms with van der Waals surface area (Å²) in [6.07, 6.45) is -3.19. The highest BCUT2D eigenvalue weighted by molar-refractivity contribution is 5.59. The molecule has 24 heavy (non-hydrogen) atoms. The lowest BCUT2D eigenvalue weighted by atomic mass is 9.99. The van der Waals surface area contributed by atoms with Gasteiger partial charge < -0.3 is 4.42 Å². The quantitative estimate of drug-likeness (QED) is 0.681. The van der Waals surface area contributed by atoms with Crippen molar-refractivity contribution >= 4 is 0 Å². The van der Waals surface area contributed by atoms with Crippen LogP contribution in [-0.4, -0.2) is 10.2 Å². The monoisotopic (exact) mass is 332 g/mol. The van der Waals surface area contributed by atoms with Crippen LogP contribution in [-0.2, 0) is 19.0 Å². The van der Waals surface area contributed by atoms with Gasteiger partial charge in [-0.2, -0.15) is 13.2 Å². The first kappa shape index (κ1) is 16.2. The van der Waals surface area contributed by atoms with Crippen molar-refractivity contribution in [3.63, 3.8) is 0 Å². The number of hydrogen-bond donors (Lipinski definition) is 0. The molecule has 3 aromatic rings. The Kier molecular flexibility index (Phi) is 4.38. The zero-order chi connectivity index (χ0) is 17.2. The summed E-state index contributed by atoms with van der Waals surface area (Å²) in [7, 11) is 0. The smallest absolute Gasteiger partial charge is 0.416 e. The first-order valence-corrected chi connectivity index (χ1v) is 7.54. The Labute approximate surface area is 137 Å². The van der Waals surface area contributed by atoms with Crippen molar-refractivity contribution in [2.24, 2.45) is 0 Å². The molecule has 0 fully saturated rings. The van der Waals surface area contributed by atoms with E-state index in [1.54, 1.807) is 0 Å². The van der Waals surface area contributed by atoms with Crippen LogP contribution < -0.4 is 0 Å². The molecular weight excluding hydrogens is 317 g/mol. The van der Waals surface area contributed by atoms with E-state index in [0.29, 0.717) is 24.6 Å². The summed E-state index contributed by atoms with van der Waals surface area (Å²) in [4.78, 5) is 0. The molecule has 3 rings (SSSR count). The lowest BCUT2D eigenvalue weighted by Crippen LogP contribution is -2.04. The fourth-order valence-electron chi connectivity index (χ4n) is 2.42. The number of nitrogens with zero attached hydrogens (tertiary/aromatic N) is 2. The van der Waals surface area contributed by atoms with Crippen molar-refractivity contribution in [3.8, 4) is 11.5 Å². The minimum absolute atomic E-state index is 0.425. The Hall–Kier alpha value is -2.63. The standard InChI is InChI=1S/C18H15F3N2O/c1-2-16-22-23-17(24-16)15-6-4-3-5-13(15)11-12-7-9-14(10-8-12)18(19,20)21/h3-10H,2,11H2,1H3. The van der Waals surface area contributed by atoms with E-state index in [4.69, 9.17) is 4.42 Å². The van der Waals surface area contributed by atoms with Crippen molar-refractivity contribution in [3.05, 3.63) is 71.1 Å². The maximum atomic E-state index is 12.6. The second-order valence-corrected chi connectivity index (χ2v) is 5.38. The molecule has 0 bridgehead atoms. The molecule has 0 aliphatic rings. The first-order chi connectivity index (χ1) is 11.5. The van der Waals surface area contributed by atoms with Crippen LogP contribution in [0.15, 0.2) is 52.9 Å². The molecule has 1 aromatic heterocycles. The molecule has 0 saturated heterocycles. The number of aromatic nitrogens is 2. The zero-order valence-electron chi connectivity index (χ0n) is 13.0. The van der Waals surface area contributed by atoms with E-state index in [2.05, 4.69) is 10.2 Å². The maximum Gasteiger partial charge on any atom is 0.416 e. The lowest BCUT2D eigenvalue weighted by Gasteiger charge is -2.09. The summed E-state index contributed by atoms with van der Waals surface area (Å²) in [6, 6.07) is 12.7. The summed E-state index contributed by atoms with van der Waals surface area (Å²) in [6.45, 7) is 1.92. The van der Waals surface area contributed by atoms with Crippen molar-refractivity contribution in [2.45, 2.75) is 25.9 Å². The van der Waals surface area contributed by atoms with Crippen molar-refractivity contribution in [1.82, 2.24) is 10.2 Å². The molecule has 2 aromatic carbocycles. The maximum absolute atomic E-state index is 12.6. The van der Waals surface area contributed by atoms with Crippen LogP contribution in [0.5, 0.6) is 0 Å². The first-order valence-electron chi connectivity index (χ1n) is 7.54. The van der Waals surface area contributed by atoms with Crippen LogP contribution in [0.4, 0.5) is 13.2 Å². The van der Waals surface area contributed by atoms with Crippen LogP contribution in [0, 0.1) is 0 Å². The van der Waals surface area contributed by atoms with Gasteiger partial charge in [-0.15, -0.1) is 10.2 Å². The van der Waals surface area contributed by atoms with Crippen molar-refractivity contribution in [2.75, 3.05) is 0 Å². The number of halogens is 3. The van der Waals surface area contributed by atoms with Gasteiger partial charge in [0.25, 0.3) is 0 Å². The molecule has 1 heterocycles. The van der Waals surface area contributed by atoms with Gasteiger partial charge in [-0.3, -0.25) is 0 Å². The molecule has 0 aliphatic heterocycles. The summed E-state index contributed by atoms with van der Waals surface area (Å²) < 4.78 is 43.5. The van der Waals surface area contributed by atoms with Gasteiger partial charge >= 0.3 is 6.18 Å². The van der Waals surface area contributed by atoms with Crippen LogP contribution in [0.1, 0.15) is 29.5 Å². The summed E-state index contributed by atoms with van der Waals surface area (Å²) >= 11 is 0. The van der Waals surface area contributed by atoms with E-state index in [9.17, 15) is 13.2 Å². The molecule has 3 nitrogen and oxygen atoms in total. The van der Waals surface area contributed by atoms with Gasteiger partial charge in [0.1, 0.15) is 0 Å². The SMILES string of the molecule is CCc1nnc(-c2ccccc2Cc2ccc(C(F)(F)F)cc2)o1. The number of aryl methyl sites for hydroxylation is 1. The van der Waals surface area contributed by atoms with Crippen LogP contribution >= 0.6 is 0 Å². The lowest BCUT2D eigenvalue weighted by molar-refractivity contribution is -0.137. The van der Waals surface area contributed by atoms with Crippen LogP contribution in [0.2, 0.25) is 0 Å². The Morgan fingerprint density at radius 1 is 0.958 bits per heavy atom. The van der Waals surface area contributed by atoms with Crippen molar-refractivity contribution < 1.29 is 17.6 Å². The highest BCUT2D eigenvalue weighted by Crippen LogP contribution is 2.30. The van der Waals surface area contributed by atoms with Crippen LogP contribution in [0.25, 0.3) is 11.5 Å². The van der Waals surface area contributed by atoms with Gasteiger partial charge in [0, 0.05) is 12.0 Å². The van der Waals surface area contributed by atoms with E-state index < -0.39 is 11.7 Å².